The maximum absolute atomic E-state index is 10.9. The van der Waals surface area contributed by atoms with Gasteiger partial charge < -0.3 is 105 Å². The third-order valence-corrected chi connectivity index (χ3v) is 8.17. The highest BCUT2D eigenvalue weighted by Crippen LogP contribution is 2.31. The summed E-state index contributed by atoms with van der Waals surface area (Å²) in [6.07, 6.45) is -34.8. The molecule has 0 aromatic rings. The molecule has 264 valence electrons. The Hall–Kier alpha value is -0.840. The van der Waals surface area contributed by atoms with Gasteiger partial charge in [0.1, 0.15) is 97.7 Å². The zero-order valence-corrected chi connectivity index (χ0v) is 23.5. The summed E-state index contributed by atoms with van der Waals surface area (Å²) in [6, 6.07) is 0. The first-order valence-electron chi connectivity index (χ1n) is 14.1. The highest BCUT2D eigenvalue weighted by molar-refractivity contribution is 4.95. The number of ether oxygens (including phenoxy) is 7. The van der Waals surface area contributed by atoms with Gasteiger partial charge in [-0.3, -0.25) is 0 Å². The average molecular weight is 667 g/mol. The molecule has 14 N–H and O–H groups in total. The third-order valence-electron chi connectivity index (χ3n) is 8.17. The lowest BCUT2D eigenvalue weighted by atomic mass is 9.96. The van der Waals surface area contributed by atoms with E-state index in [1.807, 2.05) is 0 Å². The van der Waals surface area contributed by atoms with Crippen LogP contribution in [0.1, 0.15) is 0 Å². The zero-order valence-electron chi connectivity index (χ0n) is 23.5. The van der Waals surface area contributed by atoms with Crippen LogP contribution in [-0.4, -0.2) is 221 Å². The topological polar surface area (TPSA) is 348 Å². The third kappa shape index (κ3) is 7.75. The molecule has 0 spiro atoms. The molecule has 0 radical (unpaired) electrons. The summed E-state index contributed by atoms with van der Waals surface area (Å²) in [4.78, 5) is 0. The van der Waals surface area contributed by atoms with Crippen molar-refractivity contribution >= 4 is 0 Å². The minimum absolute atomic E-state index is 0.682. The molecule has 21 heteroatoms. The summed E-state index contributed by atoms with van der Waals surface area (Å²) >= 11 is 0. The van der Waals surface area contributed by atoms with Gasteiger partial charge in [0.2, 0.25) is 0 Å². The van der Waals surface area contributed by atoms with Gasteiger partial charge in [0.25, 0.3) is 0 Å². The lowest BCUT2D eigenvalue weighted by Gasteiger charge is -2.46. The van der Waals surface area contributed by atoms with Crippen LogP contribution in [0.3, 0.4) is 0 Å². The summed E-state index contributed by atoms with van der Waals surface area (Å²) in [6.45, 7) is -2.86. The van der Waals surface area contributed by atoms with Crippen molar-refractivity contribution in [3.63, 3.8) is 0 Å². The van der Waals surface area contributed by atoms with Crippen molar-refractivity contribution in [3.05, 3.63) is 0 Å². The second-order valence-electron chi connectivity index (χ2n) is 11.2. The highest BCUT2D eigenvalue weighted by atomic mass is 16.7. The molecule has 0 aromatic heterocycles. The minimum atomic E-state index is -2.02. The van der Waals surface area contributed by atoms with E-state index in [0.29, 0.717) is 0 Å². The molecule has 4 fully saturated rings. The summed E-state index contributed by atoms with van der Waals surface area (Å²) < 4.78 is 37.2. The van der Waals surface area contributed by atoms with Crippen molar-refractivity contribution in [2.24, 2.45) is 0 Å². The number of aliphatic hydroxyl groups excluding tert-OH is 14. The van der Waals surface area contributed by atoms with Gasteiger partial charge >= 0.3 is 0 Å². The highest BCUT2D eigenvalue weighted by Gasteiger charge is 2.52. The lowest BCUT2D eigenvalue weighted by Crippen LogP contribution is -2.65. The SMILES string of the molecule is OC[C@H]1O[C@H](OC[C@H]2O[C@H](O[C@@H]3[C@@H](O)[C@@H](O)O[C@H](CO[C@H]4O[C@H](CO)[C@@H](O)[C@H](O)[C@H]4O)[C@H]3O)[C@H](O)[C@@H](O)[C@@H]2O)[C@H](O)[C@@H](O)[C@@H]1O. The van der Waals surface area contributed by atoms with E-state index in [4.69, 9.17) is 33.2 Å². The Morgan fingerprint density at radius 3 is 1.20 bits per heavy atom. The number of rotatable bonds is 10. The van der Waals surface area contributed by atoms with E-state index in [1.165, 1.54) is 0 Å². The van der Waals surface area contributed by atoms with Crippen molar-refractivity contribution in [1.82, 2.24) is 0 Å². The monoisotopic (exact) mass is 666 g/mol. The molecule has 0 amide bonds. The zero-order chi connectivity index (χ0) is 33.3. The standard InChI is InChI=1S/C24H42O21/c25-1-5-9(27)13(31)16(34)22(42-5)39-3-7-11(29)15(33)18(36)24(44-7)45-20-12(30)8(41-21(38)19(20)37)4-40-23-17(35)14(32)10(28)6(2-26)43-23/h5-38H,1-4H2/t5-,6-,7-,8-,9-,10-,11-,12-,13+,14+,15+,16-,17-,18-,19-,20+,21+,22+,23+,24-/m1/s1. The van der Waals surface area contributed by atoms with Crippen LogP contribution in [0.5, 0.6) is 0 Å². The normalized spacial score (nSPS) is 52.9. The van der Waals surface area contributed by atoms with Crippen molar-refractivity contribution < 1.29 is 105 Å². The van der Waals surface area contributed by atoms with Gasteiger partial charge in [-0.15, -0.1) is 0 Å². The van der Waals surface area contributed by atoms with Crippen LogP contribution in [0.2, 0.25) is 0 Å². The molecule has 4 aliphatic heterocycles. The smallest absolute Gasteiger partial charge is 0.187 e. The maximum Gasteiger partial charge on any atom is 0.187 e. The van der Waals surface area contributed by atoms with Crippen molar-refractivity contribution in [2.45, 2.75) is 123 Å². The molecule has 4 heterocycles. The summed E-state index contributed by atoms with van der Waals surface area (Å²) in [5, 5.41) is 142. The molecule has 0 bridgehead atoms. The average Bonchev–Trinajstić information content (AvgIpc) is 3.02. The molecule has 4 rings (SSSR count). The Kier molecular flexibility index (Phi) is 12.8. The molecular weight excluding hydrogens is 624 g/mol. The van der Waals surface area contributed by atoms with Crippen LogP contribution in [0.4, 0.5) is 0 Å². The second kappa shape index (κ2) is 15.6. The van der Waals surface area contributed by atoms with E-state index < -0.39 is 149 Å². The van der Waals surface area contributed by atoms with E-state index >= 15 is 0 Å². The van der Waals surface area contributed by atoms with E-state index in [2.05, 4.69) is 0 Å². The van der Waals surface area contributed by atoms with Gasteiger partial charge in [-0.05, 0) is 0 Å². The molecule has 0 aliphatic carbocycles. The van der Waals surface area contributed by atoms with Crippen molar-refractivity contribution in [1.29, 1.82) is 0 Å². The molecule has 0 aromatic carbocycles. The first-order valence-corrected chi connectivity index (χ1v) is 14.1. The molecule has 4 saturated heterocycles. The fraction of sp³-hybridized carbons (Fsp3) is 1.00. The first kappa shape index (κ1) is 37.0. The van der Waals surface area contributed by atoms with Crippen LogP contribution < -0.4 is 0 Å². The quantitative estimate of drug-likeness (QED) is 0.103. The fourth-order valence-corrected chi connectivity index (χ4v) is 5.33. The molecule has 0 unspecified atom stereocenters. The molecule has 4 aliphatic rings. The first-order chi connectivity index (χ1) is 21.2. The maximum atomic E-state index is 10.9. The van der Waals surface area contributed by atoms with Gasteiger partial charge in [0.05, 0.1) is 26.4 Å². The van der Waals surface area contributed by atoms with Crippen LogP contribution in [0, 0.1) is 0 Å². The summed E-state index contributed by atoms with van der Waals surface area (Å²) in [5.41, 5.74) is 0. The van der Waals surface area contributed by atoms with Crippen LogP contribution >= 0.6 is 0 Å². The minimum Gasteiger partial charge on any atom is -0.394 e. The van der Waals surface area contributed by atoms with Crippen LogP contribution in [-0.2, 0) is 33.2 Å². The van der Waals surface area contributed by atoms with Crippen molar-refractivity contribution in [3.8, 4) is 0 Å². The largest absolute Gasteiger partial charge is 0.394 e. The molecular formula is C24H42O21. The van der Waals surface area contributed by atoms with Crippen LogP contribution in [0.25, 0.3) is 0 Å². The van der Waals surface area contributed by atoms with Crippen LogP contribution in [0.15, 0.2) is 0 Å². The Morgan fingerprint density at radius 2 is 0.756 bits per heavy atom. The number of aliphatic hydroxyl groups is 14. The number of hydrogen-bond donors (Lipinski definition) is 14. The summed E-state index contributed by atoms with van der Waals surface area (Å²) in [7, 11) is 0. The molecule has 0 saturated carbocycles. The van der Waals surface area contributed by atoms with Gasteiger partial charge in [-0.25, -0.2) is 0 Å². The molecule has 21 nitrogen and oxygen atoms in total. The van der Waals surface area contributed by atoms with E-state index in [-0.39, 0.29) is 0 Å². The predicted octanol–water partition coefficient (Wildman–Crippen LogP) is -9.75. The predicted molar refractivity (Wildman–Crippen MR) is 134 cm³/mol. The Morgan fingerprint density at radius 1 is 0.378 bits per heavy atom. The van der Waals surface area contributed by atoms with E-state index in [9.17, 15) is 71.5 Å². The van der Waals surface area contributed by atoms with Gasteiger partial charge in [-0.2, -0.15) is 0 Å². The molecule has 20 atom stereocenters. The fourth-order valence-electron chi connectivity index (χ4n) is 5.33. The molecule has 45 heavy (non-hydrogen) atoms. The number of hydrogen-bond acceptors (Lipinski definition) is 21. The Labute approximate surface area is 254 Å². The van der Waals surface area contributed by atoms with Gasteiger partial charge in [-0.1, -0.05) is 0 Å². The van der Waals surface area contributed by atoms with Gasteiger partial charge in [0, 0.05) is 0 Å². The van der Waals surface area contributed by atoms with Crippen molar-refractivity contribution in [2.75, 3.05) is 26.4 Å². The lowest BCUT2D eigenvalue weighted by molar-refractivity contribution is -0.367. The Balaban J connectivity index is 1.39. The Bertz CT molecular complexity index is 914. The van der Waals surface area contributed by atoms with E-state index in [0.717, 1.165) is 0 Å². The van der Waals surface area contributed by atoms with E-state index in [1.54, 1.807) is 0 Å². The van der Waals surface area contributed by atoms with Gasteiger partial charge in [0.15, 0.2) is 25.2 Å². The second-order valence-corrected chi connectivity index (χ2v) is 11.2. The summed E-state index contributed by atoms with van der Waals surface area (Å²) in [5.74, 6) is 0.